The highest BCUT2D eigenvalue weighted by Gasteiger charge is 1.97. The molecule has 1 N–H and O–H groups in total. The minimum Gasteiger partial charge on any atom is -0.352 e. The van der Waals surface area contributed by atoms with Crippen LogP contribution in [0, 0.1) is 0 Å². The van der Waals surface area contributed by atoms with Gasteiger partial charge in [-0.25, -0.2) is 0 Å². The average molecular weight is 263 g/mol. The molecule has 2 rings (SSSR count). The summed E-state index contributed by atoms with van der Waals surface area (Å²) < 4.78 is 0. The van der Waals surface area contributed by atoms with Crippen LogP contribution in [-0.2, 0) is 11.2 Å². The molecule has 88 valence electrons. The third-order valence-electron chi connectivity index (χ3n) is 2.19. The van der Waals surface area contributed by atoms with E-state index in [0.29, 0.717) is 6.54 Å². The van der Waals surface area contributed by atoms with Gasteiger partial charge in [0.2, 0.25) is 5.91 Å². The lowest BCUT2D eigenvalue weighted by Gasteiger charge is -1.99. The molecule has 2 heterocycles. The quantitative estimate of drug-likeness (QED) is 0.825. The summed E-state index contributed by atoms with van der Waals surface area (Å²) in [5, 5.41) is 6.91. The number of hydrogen-bond donors (Lipinski definition) is 1. The summed E-state index contributed by atoms with van der Waals surface area (Å²) in [6.45, 7) is 0.689. The first-order chi connectivity index (χ1) is 8.34. The molecule has 17 heavy (non-hydrogen) atoms. The maximum absolute atomic E-state index is 11.5. The van der Waals surface area contributed by atoms with Crippen molar-refractivity contribution in [1.82, 2.24) is 5.32 Å². The first kappa shape index (κ1) is 12.1. The van der Waals surface area contributed by atoms with Crippen molar-refractivity contribution in [1.29, 1.82) is 0 Å². The van der Waals surface area contributed by atoms with E-state index in [1.165, 1.54) is 4.88 Å². The lowest BCUT2D eigenvalue weighted by molar-refractivity contribution is -0.116. The van der Waals surface area contributed by atoms with Crippen molar-refractivity contribution >= 4 is 34.7 Å². The molecule has 2 aromatic rings. The Morgan fingerprint density at radius 3 is 2.76 bits per heavy atom. The highest BCUT2D eigenvalue weighted by atomic mass is 32.1. The van der Waals surface area contributed by atoms with E-state index in [-0.39, 0.29) is 5.91 Å². The molecule has 2 nitrogen and oxygen atoms in total. The summed E-state index contributed by atoms with van der Waals surface area (Å²) >= 11 is 3.34. The van der Waals surface area contributed by atoms with E-state index in [1.54, 1.807) is 28.7 Å². The SMILES string of the molecule is O=C(/C=C/c1cccs1)NCCc1cccs1. The van der Waals surface area contributed by atoms with Gasteiger partial charge < -0.3 is 5.32 Å². The molecule has 0 aliphatic heterocycles. The van der Waals surface area contributed by atoms with Crippen LogP contribution in [-0.4, -0.2) is 12.5 Å². The van der Waals surface area contributed by atoms with Crippen molar-refractivity contribution in [3.8, 4) is 0 Å². The predicted molar refractivity (Wildman–Crippen MR) is 74.4 cm³/mol. The minimum atomic E-state index is -0.0324. The van der Waals surface area contributed by atoms with Crippen LogP contribution in [0.4, 0.5) is 0 Å². The molecule has 0 unspecified atom stereocenters. The summed E-state index contributed by atoms with van der Waals surface area (Å²) in [6, 6.07) is 8.07. The van der Waals surface area contributed by atoms with E-state index in [1.807, 2.05) is 35.0 Å². The van der Waals surface area contributed by atoms with Crippen molar-refractivity contribution in [2.45, 2.75) is 6.42 Å². The maximum atomic E-state index is 11.5. The maximum Gasteiger partial charge on any atom is 0.244 e. The lowest BCUT2D eigenvalue weighted by Crippen LogP contribution is -2.23. The molecule has 1 amide bonds. The molecule has 0 spiro atoms. The van der Waals surface area contributed by atoms with Gasteiger partial charge in [-0.05, 0) is 35.4 Å². The van der Waals surface area contributed by atoms with Crippen LogP contribution in [0.3, 0.4) is 0 Å². The van der Waals surface area contributed by atoms with Crippen LogP contribution < -0.4 is 5.32 Å². The number of rotatable bonds is 5. The fraction of sp³-hybridized carbons (Fsp3) is 0.154. The molecule has 0 radical (unpaired) electrons. The number of carbonyl (C=O) groups excluding carboxylic acids is 1. The van der Waals surface area contributed by atoms with Gasteiger partial charge in [0.15, 0.2) is 0 Å². The van der Waals surface area contributed by atoms with Gasteiger partial charge >= 0.3 is 0 Å². The fourth-order valence-electron chi connectivity index (χ4n) is 1.37. The second-order valence-electron chi connectivity index (χ2n) is 3.47. The predicted octanol–water partition coefficient (Wildman–Crippen LogP) is 3.18. The molecular weight excluding hydrogens is 250 g/mol. The molecule has 0 saturated carbocycles. The van der Waals surface area contributed by atoms with Crippen LogP contribution in [0.1, 0.15) is 9.75 Å². The van der Waals surface area contributed by atoms with E-state index >= 15 is 0 Å². The van der Waals surface area contributed by atoms with E-state index in [0.717, 1.165) is 11.3 Å². The highest BCUT2D eigenvalue weighted by molar-refractivity contribution is 7.10. The van der Waals surface area contributed by atoms with Gasteiger partial charge in [0.05, 0.1) is 0 Å². The Bertz CT molecular complexity index is 472. The molecule has 0 fully saturated rings. The Balaban J connectivity index is 1.71. The first-order valence-corrected chi connectivity index (χ1v) is 7.12. The summed E-state index contributed by atoms with van der Waals surface area (Å²) in [4.78, 5) is 13.9. The van der Waals surface area contributed by atoms with Gasteiger partial charge in [-0.1, -0.05) is 12.1 Å². The van der Waals surface area contributed by atoms with Gasteiger partial charge in [-0.2, -0.15) is 0 Å². The molecule has 0 aliphatic carbocycles. The Morgan fingerprint density at radius 1 is 1.24 bits per heavy atom. The summed E-state index contributed by atoms with van der Waals surface area (Å²) in [5.41, 5.74) is 0. The summed E-state index contributed by atoms with van der Waals surface area (Å²) in [6.07, 6.45) is 4.32. The monoisotopic (exact) mass is 263 g/mol. The van der Waals surface area contributed by atoms with E-state index in [4.69, 9.17) is 0 Å². The molecule has 0 saturated heterocycles. The third kappa shape index (κ3) is 4.17. The van der Waals surface area contributed by atoms with Gasteiger partial charge in [0.25, 0.3) is 0 Å². The van der Waals surface area contributed by atoms with Crippen molar-refractivity contribution in [3.05, 3.63) is 50.9 Å². The van der Waals surface area contributed by atoms with Gasteiger partial charge in [0.1, 0.15) is 0 Å². The smallest absolute Gasteiger partial charge is 0.244 e. The summed E-state index contributed by atoms with van der Waals surface area (Å²) in [7, 11) is 0. The zero-order valence-electron chi connectivity index (χ0n) is 9.26. The normalized spacial score (nSPS) is 10.8. The second kappa shape index (κ2) is 6.37. The van der Waals surface area contributed by atoms with E-state index in [2.05, 4.69) is 11.4 Å². The van der Waals surface area contributed by atoms with Crippen molar-refractivity contribution in [2.24, 2.45) is 0 Å². The molecule has 0 atom stereocenters. The molecule has 0 aliphatic rings. The molecular formula is C13H13NOS2. The van der Waals surface area contributed by atoms with Crippen molar-refractivity contribution in [2.75, 3.05) is 6.54 Å². The molecule has 0 bridgehead atoms. The number of thiophene rings is 2. The highest BCUT2D eigenvalue weighted by Crippen LogP contribution is 2.10. The second-order valence-corrected chi connectivity index (χ2v) is 5.48. The zero-order chi connectivity index (χ0) is 11.9. The van der Waals surface area contributed by atoms with E-state index in [9.17, 15) is 4.79 Å². The third-order valence-corrected chi connectivity index (χ3v) is 3.97. The topological polar surface area (TPSA) is 29.1 Å². The van der Waals surface area contributed by atoms with E-state index < -0.39 is 0 Å². The average Bonchev–Trinajstić information content (AvgIpc) is 2.99. The first-order valence-electron chi connectivity index (χ1n) is 5.36. The van der Waals surface area contributed by atoms with Gasteiger partial charge in [-0.3, -0.25) is 4.79 Å². The summed E-state index contributed by atoms with van der Waals surface area (Å²) in [5.74, 6) is -0.0324. The standard InChI is InChI=1S/C13H13NOS2/c15-13(6-5-11-3-1-9-16-11)14-8-7-12-4-2-10-17-12/h1-6,9-10H,7-8H2,(H,14,15)/b6-5+. The minimum absolute atomic E-state index is 0.0324. The molecule has 2 aromatic heterocycles. The number of nitrogens with one attached hydrogen (secondary N) is 1. The van der Waals surface area contributed by atoms with Crippen LogP contribution in [0.2, 0.25) is 0 Å². The zero-order valence-corrected chi connectivity index (χ0v) is 10.9. The van der Waals surface area contributed by atoms with Crippen LogP contribution in [0.5, 0.6) is 0 Å². The van der Waals surface area contributed by atoms with Gasteiger partial charge in [0, 0.05) is 22.4 Å². The number of amides is 1. The Labute approximate surface area is 109 Å². The van der Waals surface area contributed by atoms with Crippen LogP contribution in [0.25, 0.3) is 6.08 Å². The van der Waals surface area contributed by atoms with Crippen molar-refractivity contribution < 1.29 is 4.79 Å². The Hall–Kier alpha value is -1.39. The number of hydrogen-bond acceptors (Lipinski definition) is 3. The molecule has 0 aromatic carbocycles. The fourth-order valence-corrected chi connectivity index (χ4v) is 2.69. The Morgan fingerprint density at radius 2 is 2.06 bits per heavy atom. The van der Waals surface area contributed by atoms with Crippen LogP contribution in [0.15, 0.2) is 41.1 Å². The number of carbonyl (C=O) groups is 1. The Kier molecular flexibility index (Phi) is 4.53. The van der Waals surface area contributed by atoms with Crippen LogP contribution >= 0.6 is 22.7 Å². The van der Waals surface area contributed by atoms with Gasteiger partial charge in [-0.15, -0.1) is 22.7 Å². The van der Waals surface area contributed by atoms with Crippen molar-refractivity contribution in [3.63, 3.8) is 0 Å². The largest absolute Gasteiger partial charge is 0.352 e. The molecule has 4 heteroatoms. The lowest BCUT2D eigenvalue weighted by atomic mass is 10.3.